The second-order valence-corrected chi connectivity index (χ2v) is 7.61. The standard InChI is InChI=1S/C12H17N3O3S2/c1-12(2,6-7-16)8-13-20(17,18)10-5-3-4-9-11(10)15-19-14-9/h3-5,13,16H,6-8H2,1-2H3. The Labute approximate surface area is 122 Å². The topological polar surface area (TPSA) is 91.1 Å². The summed E-state index contributed by atoms with van der Waals surface area (Å²) in [7, 11) is -3.64. The van der Waals surface area contributed by atoms with Gasteiger partial charge in [0.2, 0.25) is 10.0 Å². The van der Waals surface area contributed by atoms with Crippen molar-refractivity contribution < 1.29 is 13.5 Å². The highest BCUT2D eigenvalue weighted by molar-refractivity contribution is 7.89. The zero-order valence-electron chi connectivity index (χ0n) is 11.3. The van der Waals surface area contributed by atoms with Crippen LogP contribution in [0.4, 0.5) is 11.4 Å². The van der Waals surface area contributed by atoms with Crippen LogP contribution in [0.25, 0.3) is 0 Å². The fraction of sp³-hybridized carbons (Fsp3) is 0.500. The molecule has 1 aliphatic rings. The molecule has 0 fully saturated rings. The summed E-state index contributed by atoms with van der Waals surface area (Å²) in [6, 6.07) is 4.90. The summed E-state index contributed by atoms with van der Waals surface area (Å²) in [5.74, 6) is 0. The van der Waals surface area contributed by atoms with Gasteiger partial charge in [-0.1, -0.05) is 19.9 Å². The van der Waals surface area contributed by atoms with Gasteiger partial charge in [-0.05, 0) is 24.0 Å². The van der Waals surface area contributed by atoms with Gasteiger partial charge in [0, 0.05) is 13.2 Å². The molecule has 0 saturated carbocycles. The molecule has 1 heterocycles. The molecular formula is C12H17N3O3S2. The Morgan fingerprint density at radius 2 is 2.10 bits per heavy atom. The molecule has 0 spiro atoms. The second-order valence-electron chi connectivity index (χ2n) is 5.35. The van der Waals surface area contributed by atoms with E-state index in [-0.39, 0.29) is 23.5 Å². The number of aliphatic hydroxyl groups excluding tert-OH is 1. The average molecular weight is 315 g/mol. The summed E-state index contributed by atoms with van der Waals surface area (Å²) in [5, 5.41) is 8.97. The van der Waals surface area contributed by atoms with Gasteiger partial charge in [-0.2, -0.15) is 8.73 Å². The van der Waals surface area contributed by atoms with E-state index in [0.717, 1.165) is 11.4 Å². The van der Waals surface area contributed by atoms with Crippen molar-refractivity contribution in [3.63, 3.8) is 0 Å². The third-order valence-electron chi connectivity index (χ3n) is 3.07. The minimum atomic E-state index is -3.64. The minimum absolute atomic E-state index is 0.0281. The van der Waals surface area contributed by atoms with Gasteiger partial charge in [0.25, 0.3) is 0 Å². The third kappa shape index (κ3) is 3.32. The molecule has 0 aromatic heterocycles. The van der Waals surface area contributed by atoms with E-state index in [2.05, 4.69) is 13.4 Å². The van der Waals surface area contributed by atoms with Crippen molar-refractivity contribution in [2.24, 2.45) is 14.1 Å². The van der Waals surface area contributed by atoms with Gasteiger partial charge < -0.3 is 5.11 Å². The molecule has 0 aliphatic carbocycles. The summed E-state index contributed by atoms with van der Waals surface area (Å²) < 4.78 is 35.4. The van der Waals surface area contributed by atoms with Crippen molar-refractivity contribution >= 4 is 32.8 Å². The number of fused-ring (bicyclic) bond motifs is 1. The summed E-state index contributed by atoms with van der Waals surface area (Å²) in [6.07, 6.45) is 0.526. The summed E-state index contributed by atoms with van der Waals surface area (Å²) in [6.45, 7) is 4.08. The van der Waals surface area contributed by atoms with Crippen LogP contribution in [-0.2, 0) is 21.4 Å². The molecule has 0 bridgehead atoms. The van der Waals surface area contributed by atoms with Crippen LogP contribution in [0.5, 0.6) is 0 Å². The Balaban J connectivity index is 2.21. The molecule has 110 valence electrons. The minimum Gasteiger partial charge on any atom is -0.396 e. The zero-order valence-corrected chi connectivity index (χ0v) is 13.0. The summed E-state index contributed by atoms with van der Waals surface area (Å²) in [4.78, 5) is 0.142. The Morgan fingerprint density at radius 3 is 2.80 bits per heavy atom. The van der Waals surface area contributed by atoms with E-state index >= 15 is 0 Å². The molecule has 6 nitrogen and oxygen atoms in total. The lowest BCUT2D eigenvalue weighted by atomic mass is 9.90. The van der Waals surface area contributed by atoms with E-state index in [1.54, 1.807) is 12.1 Å². The molecule has 2 rings (SSSR count). The second kappa shape index (κ2) is 5.72. The predicted molar refractivity (Wildman–Crippen MR) is 78.7 cm³/mol. The number of rotatable bonds is 6. The summed E-state index contributed by atoms with van der Waals surface area (Å²) >= 11 is 0.990. The molecule has 1 aliphatic heterocycles. The van der Waals surface area contributed by atoms with Gasteiger partial charge in [-0.3, -0.25) is 0 Å². The lowest BCUT2D eigenvalue weighted by Crippen LogP contribution is -2.34. The van der Waals surface area contributed by atoms with Crippen LogP contribution in [-0.4, -0.2) is 26.7 Å². The molecule has 0 saturated heterocycles. The number of hydrogen-bond acceptors (Lipinski definition) is 5. The quantitative estimate of drug-likeness (QED) is 0.855. The molecule has 20 heavy (non-hydrogen) atoms. The number of aliphatic hydroxyl groups is 1. The van der Waals surface area contributed by atoms with Gasteiger partial charge in [0.15, 0.2) is 0 Å². The van der Waals surface area contributed by atoms with Gasteiger partial charge in [0.1, 0.15) is 16.3 Å². The van der Waals surface area contributed by atoms with Crippen molar-refractivity contribution in [3.05, 3.63) is 18.2 Å². The number of sulfonamides is 1. The fourth-order valence-electron chi connectivity index (χ4n) is 1.76. The van der Waals surface area contributed by atoms with Crippen LogP contribution < -0.4 is 4.72 Å². The van der Waals surface area contributed by atoms with Crippen LogP contribution in [0.2, 0.25) is 0 Å². The molecular weight excluding hydrogens is 298 g/mol. The maximum Gasteiger partial charge on any atom is 0.242 e. The number of benzene rings is 1. The lowest BCUT2D eigenvalue weighted by Gasteiger charge is -2.23. The third-order valence-corrected chi connectivity index (χ3v) is 5.04. The first-order chi connectivity index (χ1) is 9.36. The zero-order chi connectivity index (χ0) is 14.8. The van der Waals surface area contributed by atoms with Crippen molar-refractivity contribution in [1.82, 2.24) is 4.72 Å². The SMILES string of the molecule is CC(C)(CCO)CNS(=O)(=O)c1cccc2c1N=S=N2. The maximum absolute atomic E-state index is 12.4. The molecule has 8 heteroatoms. The average Bonchev–Trinajstić information content (AvgIpc) is 2.84. The van der Waals surface area contributed by atoms with Crippen molar-refractivity contribution in [3.8, 4) is 0 Å². The normalized spacial score (nSPS) is 14.2. The van der Waals surface area contributed by atoms with Crippen molar-refractivity contribution in [2.45, 2.75) is 25.2 Å². The van der Waals surface area contributed by atoms with Crippen LogP contribution in [0, 0.1) is 5.41 Å². The largest absolute Gasteiger partial charge is 0.396 e. The molecule has 0 atom stereocenters. The van der Waals surface area contributed by atoms with Crippen molar-refractivity contribution in [2.75, 3.05) is 13.2 Å². The van der Waals surface area contributed by atoms with E-state index in [0.29, 0.717) is 17.8 Å². The maximum atomic E-state index is 12.4. The fourth-order valence-corrected chi connectivity index (χ4v) is 3.76. The van der Waals surface area contributed by atoms with E-state index < -0.39 is 10.0 Å². The predicted octanol–water partition coefficient (Wildman–Crippen LogP) is 2.10. The van der Waals surface area contributed by atoms with Gasteiger partial charge in [0.05, 0.1) is 11.4 Å². The first-order valence-corrected chi connectivity index (χ1v) is 8.39. The Kier molecular flexibility index (Phi) is 4.38. The van der Waals surface area contributed by atoms with Crippen LogP contribution >= 0.6 is 0 Å². The number of nitrogens with one attached hydrogen (secondary N) is 1. The lowest BCUT2D eigenvalue weighted by molar-refractivity contribution is 0.213. The summed E-state index contributed by atoms with van der Waals surface area (Å²) in [5.41, 5.74) is 0.660. The highest BCUT2D eigenvalue weighted by atomic mass is 32.2. The highest BCUT2D eigenvalue weighted by Crippen LogP contribution is 2.37. The molecule has 1 aromatic carbocycles. The van der Waals surface area contributed by atoms with E-state index in [1.807, 2.05) is 13.8 Å². The van der Waals surface area contributed by atoms with E-state index in [1.165, 1.54) is 6.07 Å². The van der Waals surface area contributed by atoms with Crippen LogP contribution in [0.1, 0.15) is 20.3 Å². The van der Waals surface area contributed by atoms with Gasteiger partial charge >= 0.3 is 0 Å². The number of hydrogen-bond donors (Lipinski definition) is 2. The smallest absolute Gasteiger partial charge is 0.242 e. The van der Waals surface area contributed by atoms with Gasteiger partial charge in [-0.25, -0.2) is 13.1 Å². The first-order valence-electron chi connectivity index (χ1n) is 6.17. The van der Waals surface area contributed by atoms with Gasteiger partial charge in [-0.15, -0.1) is 0 Å². The molecule has 0 radical (unpaired) electrons. The molecule has 2 N–H and O–H groups in total. The monoisotopic (exact) mass is 315 g/mol. The molecule has 1 aromatic rings. The Hall–Kier alpha value is -1.09. The Morgan fingerprint density at radius 1 is 1.35 bits per heavy atom. The van der Waals surface area contributed by atoms with E-state index in [9.17, 15) is 8.42 Å². The van der Waals surface area contributed by atoms with Crippen LogP contribution in [0.3, 0.4) is 0 Å². The number of nitrogens with zero attached hydrogens (tertiary/aromatic N) is 2. The molecule has 0 amide bonds. The van der Waals surface area contributed by atoms with E-state index in [4.69, 9.17) is 5.11 Å². The highest BCUT2D eigenvalue weighted by Gasteiger charge is 2.25. The molecule has 0 unspecified atom stereocenters. The Bertz CT molecular complexity index is 677. The van der Waals surface area contributed by atoms with Crippen molar-refractivity contribution in [1.29, 1.82) is 0 Å². The van der Waals surface area contributed by atoms with Crippen LogP contribution in [0.15, 0.2) is 31.8 Å². The first kappa shape index (κ1) is 15.3.